The highest BCUT2D eigenvalue weighted by atomic mass is 35.5. The predicted molar refractivity (Wildman–Crippen MR) is 168 cm³/mol. The molecule has 0 bridgehead atoms. The van der Waals surface area contributed by atoms with Gasteiger partial charge in [0.25, 0.3) is 0 Å². The van der Waals surface area contributed by atoms with Gasteiger partial charge in [-0.2, -0.15) is 10.5 Å². The number of aliphatic hydroxyl groups excluding tert-OH is 1. The monoisotopic (exact) mass is 627 g/mol. The van der Waals surface area contributed by atoms with Crippen LogP contribution in [0.1, 0.15) is 27.9 Å². The van der Waals surface area contributed by atoms with Crippen LogP contribution in [-0.4, -0.2) is 21.0 Å². The molecule has 2 aromatic heterocycles. The fourth-order valence-electron chi connectivity index (χ4n) is 4.05. The summed E-state index contributed by atoms with van der Waals surface area (Å²) in [6.07, 6.45) is -0.148. The second-order valence-corrected chi connectivity index (χ2v) is 11.6. The summed E-state index contributed by atoms with van der Waals surface area (Å²) in [6.45, 7) is 0. The first-order valence-corrected chi connectivity index (χ1v) is 14.9. The Labute approximate surface area is 259 Å². The first-order chi connectivity index (χ1) is 20.4. The molecule has 0 aliphatic heterocycles. The lowest BCUT2D eigenvalue weighted by Gasteiger charge is -2.12. The van der Waals surface area contributed by atoms with E-state index in [0.29, 0.717) is 37.1 Å². The van der Waals surface area contributed by atoms with Crippen LogP contribution < -0.4 is 5.32 Å². The quantitative estimate of drug-likeness (QED) is 0.131. The number of allylic oxidation sites excluding steroid dienone is 1. The zero-order chi connectivity index (χ0) is 29.6. The van der Waals surface area contributed by atoms with Crippen molar-refractivity contribution in [3.05, 3.63) is 109 Å². The van der Waals surface area contributed by atoms with Crippen molar-refractivity contribution < 1.29 is 9.90 Å². The standard InChI is InChI=1S/C31H19Cl2N5O2S2/c32-21-9-5-18(6-10-21)26-16-41-30(37-26)20(14-34)13-28(39)36-25-4-2-1-3-23(25)29(40)24(15-35)31-38-27(17-42-31)19-7-11-22(33)12-8-19/h1-12,16-17,20,40H,13H2,(H,36,39)/b29-24-. The molecule has 1 amide bonds. The highest BCUT2D eigenvalue weighted by molar-refractivity contribution is 7.11. The van der Waals surface area contributed by atoms with Crippen LogP contribution in [0.15, 0.2) is 83.6 Å². The van der Waals surface area contributed by atoms with Crippen molar-refractivity contribution in [2.45, 2.75) is 12.3 Å². The number of thiazole rings is 2. The summed E-state index contributed by atoms with van der Waals surface area (Å²) < 4.78 is 0. The van der Waals surface area contributed by atoms with Crippen LogP contribution in [0, 0.1) is 22.7 Å². The summed E-state index contributed by atoms with van der Waals surface area (Å²) in [4.78, 5) is 22.1. The van der Waals surface area contributed by atoms with Crippen LogP contribution in [-0.2, 0) is 4.79 Å². The maximum Gasteiger partial charge on any atom is 0.226 e. The molecule has 206 valence electrons. The number of carbonyl (C=O) groups excluding carboxylic acids is 1. The van der Waals surface area contributed by atoms with Gasteiger partial charge >= 0.3 is 0 Å². The first-order valence-electron chi connectivity index (χ1n) is 12.4. The van der Waals surface area contributed by atoms with Gasteiger partial charge in [-0.05, 0) is 36.4 Å². The number of anilines is 1. The normalized spacial score (nSPS) is 12.1. The van der Waals surface area contributed by atoms with Crippen molar-refractivity contribution in [1.82, 2.24) is 9.97 Å². The summed E-state index contributed by atoms with van der Waals surface area (Å²) in [5.41, 5.74) is 3.51. The Kier molecular flexibility index (Phi) is 8.97. The highest BCUT2D eigenvalue weighted by Gasteiger charge is 2.22. The minimum absolute atomic E-state index is 0.0330. The third-order valence-electron chi connectivity index (χ3n) is 6.17. The summed E-state index contributed by atoms with van der Waals surface area (Å²) in [5.74, 6) is -1.54. The molecule has 0 aliphatic rings. The van der Waals surface area contributed by atoms with Gasteiger partial charge in [0, 0.05) is 43.9 Å². The molecule has 7 nitrogen and oxygen atoms in total. The molecule has 11 heteroatoms. The number of halogens is 2. The molecule has 1 atom stereocenters. The van der Waals surface area contributed by atoms with Crippen molar-refractivity contribution in [2.75, 3.05) is 5.32 Å². The Bertz CT molecular complexity index is 1870. The smallest absolute Gasteiger partial charge is 0.226 e. The predicted octanol–water partition coefficient (Wildman–Crippen LogP) is 8.83. The number of aromatic nitrogens is 2. The number of hydrogen-bond acceptors (Lipinski definition) is 8. The van der Waals surface area contributed by atoms with Gasteiger partial charge in [-0.15, -0.1) is 22.7 Å². The van der Waals surface area contributed by atoms with E-state index in [2.05, 4.69) is 21.4 Å². The van der Waals surface area contributed by atoms with Gasteiger partial charge in [-0.3, -0.25) is 4.79 Å². The molecule has 1 unspecified atom stereocenters. The molecule has 42 heavy (non-hydrogen) atoms. The number of aliphatic hydroxyl groups is 1. The number of nitrogens with zero attached hydrogens (tertiary/aromatic N) is 4. The third kappa shape index (κ3) is 6.52. The van der Waals surface area contributed by atoms with Crippen LogP contribution in [0.3, 0.4) is 0 Å². The van der Waals surface area contributed by atoms with E-state index < -0.39 is 11.8 Å². The van der Waals surface area contributed by atoms with Gasteiger partial charge in [-0.25, -0.2) is 9.97 Å². The maximum atomic E-state index is 13.1. The average Bonchev–Trinajstić information content (AvgIpc) is 3.68. The molecule has 3 aromatic carbocycles. The Balaban J connectivity index is 1.35. The molecular formula is C31H19Cl2N5O2S2. The van der Waals surface area contributed by atoms with Gasteiger partial charge in [-0.1, -0.05) is 59.6 Å². The van der Waals surface area contributed by atoms with E-state index >= 15 is 0 Å². The lowest BCUT2D eigenvalue weighted by atomic mass is 10.1. The Morgan fingerprint density at radius 1 is 0.881 bits per heavy atom. The molecule has 5 aromatic rings. The van der Waals surface area contributed by atoms with E-state index in [0.717, 1.165) is 11.1 Å². The number of amides is 1. The molecule has 0 radical (unpaired) electrons. The number of rotatable bonds is 8. The Morgan fingerprint density at radius 3 is 2.10 bits per heavy atom. The highest BCUT2D eigenvalue weighted by Crippen LogP contribution is 2.34. The number of nitrogens with one attached hydrogen (secondary N) is 1. The minimum Gasteiger partial charge on any atom is -0.506 e. The molecule has 0 saturated heterocycles. The van der Waals surface area contributed by atoms with Gasteiger partial charge in [0.15, 0.2) is 0 Å². The SMILES string of the molecule is N#C/C(=C(/O)c1ccccc1NC(=O)CC(C#N)c1nc(-c2ccc(Cl)cc2)cs1)c1nc(-c2ccc(Cl)cc2)cs1. The van der Waals surface area contributed by atoms with Crippen LogP contribution in [0.5, 0.6) is 0 Å². The Morgan fingerprint density at radius 2 is 1.48 bits per heavy atom. The molecule has 2 heterocycles. The van der Waals surface area contributed by atoms with E-state index in [1.54, 1.807) is 53.9 Å². The van der Waals surface area contributed by atoms with E-state index in [9.17, 15) is 20.4 Å². The van der Waals surface area contributed by atoms with Gasteiger partial charge in [0.05, 0.1) is 23.1 Å². The zero-order valence-electron chi connectivity index (χ0n) is 21.6. The van der Waals surface area contributed by atoms with Crippen LogP contribution in [0.25, 0.3) is 33.8 Å². The summed E-state index contributed by atoms with van der Waals surface area (Å²) in [5, 5.41) is 39.3. The number of nitriles is 2. The lowest BCUT2D eigenvalue weighted by Crippen LogP contribution is -2.16. The van der Waals surface area contributed by atoms with Crippen molar-refractivity contribution in [2.24, 2.45) is 0 Å². The molecule has 0 aliphatic carbocycles. The zero-order valence-corrected chi connectivity index (χ0v) is 24.7. The van der Waals surface area contributed by atoms with Crippen molar-refractivity contribution >= 4 is 68.8 Å². The number of benzene rings is 3. The van der Waals surface area contributed by atoms with Crippen LogP contribution >= 0.6 is 45.9 Å². The second-order valence-electron chi connectivity index (χ2n) is 8.94. The largest absolute Gasteiger partial charge is 0.506 e. The molecule has 0 fully saturated rings. The molecule has 5 rings (SSSR count). The van der Waals surface area contributed by atoms with E-state index in [1.165, 1.54) is 22.7 Å². The second kappa shape index (κ2) is 13.0. The average molecular weight is 629 g/mol. The molecule has 0 spiro atoms. The summed E-state index contributed by atoms with van der Waals surface area (Å²) >= 11 is 14.5. The Hall–Kier alpha value is -4.51. The van der Waals surface area contributed by atoms with Gasteiger partial charge < -0.3 is 10.4 Å². The molecule has 2 N–H and O–H groups in total. The van der Waals surface area contributed by atoms with E-state index in [1.807, 2.05) is 35.7 Å². The fraction of sp³-hybridized carbons (Fsp3) is 0.0645. The fourth-order valence-corrected chi connectivity index (χ4v) is 6.00. The number of carbonyl (C=O) groups is 1. The minimum atomic E-state index is -0.774. The number of para-hydroxylation sites is 1. The maximum absolute atomic E-state index is 13.1. The van der Waals surface area contributed by atoms with Gasteiger partial charge in [0.1, 0.15) is 33.3 Å². The van der Waals surface area contributed by atoms with Crippen molar-refractivity contribution in [1.29, 1.82) is 10.5 Å². The number of hydrogen-bond donors (Lipinski definition) is 2. The lowest BCUT2D eigenvalue weighted by molar-refractivity contribution is -0.116. The van der Waals surface area contributed by atoms with Crippen LogP contribution in [0.4, 0.5) is 5.69 Å². The van der Waals surface area contributed by atoms with Crippen molar-refractivity contribution in [3.8, 4) is 34.7 Å². The third-order valence-corrected chi connectivity index (χ3v) is 8.49. The first kappa shape index (κ1) is 29.0. The van der Waals surface area contributed by atoms with E-state index in [-0.39, 0.29) is 23.3 Å². The molecule has 0 saturated carbocycles. The van der Waals surface area contributed by atoms with Crippen molar-refractivity contribution in [3.63, 3.8) is 0 Å². The summed E-state index contributed by atoms with van der Waals surface area (Å²) in [6, 6.07) is 25.1. The summed E-state index contributed by atoms with van der Waals surface area (Å²) in [7, 11) is 0. The topological polar surface area (TPSA) is 123 Å². The van der Waals surface area contributed by atoms with Crippen LogP contribution in [0.2, 0.25) is 10.0 Å². The molecular weight excluding hydrogens is 609 g/mol. The van der Waals surface area contributed by atoms with Gasteiger partial charge in [0.2, 0.25) is 5.91 Å². The van der Waals surface area contributed by atoms with E-state index in [4.69, 9.17) is 23.2 Å².